The smallest absolute Gasteiger partial charge is 0.219 e. The third-order valence-corrected chi connectivity index (χ3v) is 2.80. The molecule has 1 rings (SSSR count). The molecule has 0 radical (unpaired) electrons. The Hall–Kier alpha value is -0.960. The van der Waals surface area contributed by atoms with Gasteiger partial charge < -0.3 is 4.74 Å². The molecular weight excluding hydrogens is 196 g/mol. The van der Waals surface area contributed by atoms with Gasteiger partial charge >= 0.3 is 0 Å². The summed E-state index contributed by atoms with van der Waals surface area (Å²) in [6.45, 7) is 3.88. The Kier molecular flexibility index (Phi) is 3.58. The van der Waals surface area contributed by atoms with E-state index in [-0.39, 0.29) is 5.12 Å². The molecule has 0 aromatic heterocycles. The van der Waals surface area contributed by atoms with E-state index in [0.717, 1.165) is 22.4 Å². The first-order chi connectivity index (χ1) is 6.61. The normalized spacial score (nSPS) is 10.0. The van der Waals surface area contributed by atoms with Gasteiger partial charge in [0, 0.05) is 11.1 Å². The number of carbonyl (C=O) groups is 1. The third-order valence-electron chi connectivity index (χ3n) is 2.21. The number of thioether (sulfide) groups is 1. The van der Waals surface area contributed by atoms with Gasteiger partial charge in [0.1, 0.15) is 5.75 Å². The predicted molar refractivity (Wildman–Crippen MR) is 60.3 cm³/mol. The van der Waals surface area contributed by atoms with Crippen LogP contribution in [0.15, 0.2) is 12.1 Å². The maximum Gasteiger partial charge on any atom is 0.219 e. The van der Waals surface area contributed by atoms with Gasteiger partial charge in [-0.25, -0.2) is 0 Å². The molecule has 0 aliphatic carbocycles. The lowest BCUT2D eigenvalue weighted by atomic mass is 10.1. The molecule has 76 valence electrons. The van der Waals surface area contributed by atoms with Crippen molar-refractivity contribution in [3.8, 4) is 5.75 Å². The van der Waals surface area contributed by atoms with Crippen LogP contribution < -0.4 is 4.74 Å². The number of carbonyl (C=O) groups excluding carboxylic acids is 1. The van der Waals surface area contributed by atoms with Gasteiger partial charge in [0.25, 0.3) is 0 Å². The average molecular weight is 210 g/mol. The van der Waals surface area contributed by atoms with Crippen LogP contribution in [0.5, 0.6) is 5.75 Å². The molecule has 3 heteroatoms. The summed E-state index contributed by atoms with van der Waals surface area (Å²) in [5.41, 5.74) is 2.72. The fourth-order valence-corrected chi connectivity index (χ4v) is 1.91. The lowest BCUT2D eigenvalue weighted by Crippen LogP contribution is -2.00. The summed E-state index contributed by atoms with van der Waals surface area (Å²) in [5, 5.41) is 0.0841. The van der Waals surface area contributed by atoms with Gasteiger partial charge in [0.2, 0.25) is 5.12 Å². The molecule has 0 amide bonds. The van der Waals surface area contributed by atoms with Gasteiger partial charge in [0.05, 0.1) is 7.11 Å². The van der Waals surface area contributed by atoms with Gasteiger partial charge in [-0.1, -0.05) is 17.8 Å². The molecule has 1 aromatic carbocycles. The molecular formula is C11H14O2S. The lowest BCUT2D eigenvalue weighted by Gasteiger charge is -2.11. The number of ether oxygens (including phenoxy) is 1. The molecule has 0 saturated heterocycles. The SMILES string of the molecule is COc1c(C)ccc(C(=O)SC)c1C. The third kappa shape index (κ3) is 1.93. The summed E-state index contributed by atoms with van der Waals surface area (Å²) in [7, 11) is 1.63. The van der Waals surface area contributed by atoms with Crippen molar-refractivity contribution < 1.29 is 9.53 Å². The Morgan fingerprint density at radius 1 is 1.36 bits per heavy atom. The Morgan fingerprint density at radius 3 is 2.50 bits per heavy atom. The standard InChI is InChI=1S/C11H14O2S/c1-7-5-6-9(11(12)14-4)8(2)10(7)13-3/h5-6H,1-4H3. The fourth-order valence-electron chi connectivity index (χ4n) is 1.47. The Labute approximate surface area is 88.7 Å². The van der Waals surface area contributed by atoms with E-state index in [1.54, 1.807) is 13.4 Å². The van der Waals surface area contributed by atoms with Gasteiger partial charge in [0.15, 0.2) is 0 Å². The van der Waals surface area contributed by atoms with E-state index < -0.39 is 0 Å². The summed E-state index contributed by atoms with van der Waals surface area (Å²) in [6.07, 6.45) is 1.79. The minimum Gasteiger partial charge on any atom is -0.496 e. The van der Waals surface area contributed by atoms with E-state index in [4.69, 9.17) is 4.74 Å². The zero-order chi connectivity index (χ0) is 10.7. The molecule has 0 spiro atoms. The van der Waals surface area contributed by atoms with Crippen molar-refractivity contribution in [1.29, 1.82) is 0 Å². The van der Waals surface area contributed by atoms with E-state index in [1.165, 1.54) is 11.8 Å². The van der Waals surface area contributed by atoms with Crippen molar-refractivity contribution >= 4 is 16.9 Å². The molecule has 0 aliphatic heterocycles. The van der Waals surface area contributed by atoms with Gasteiger partial charge in [-0.2, -0.15) is 0 Å². The number of rotatable bonds is 2. The second-order valence-electron chi connectivity index (χ2n) is 3.08. The first-order valence-electron chi connectivity index (χ1n) is 4.34. The maximum atomic E-state index is 11.5. The second kappa shape index (κ2) is 4.51. The van der Waals surface area contributed by atoms with Crippen LogP contribution in [-0.2, 0) is 0 Å². The zero-order valence-corrected chi connectivity index (χ0v) is 9.70. The van der Waals surface area contributed by atoms with Crippen LogP contribution in [0, 0.1) is 13.8 Å². The minimum absolute atomic E-state index is 0.0841. The number of methoxy groups -OCH3 is 1. The highest BCUT2D eigenvalue weighted by atomic mass is 32.2. The predicted octanol–water partition coefficient (Wildman–Crippen LogP) is 2.82. The fraction of sp³-hybridized carbons (Fsp3) is 0.364. The Morgan fingerprint density at radius 2 is 2.00 bits per heavy atom. The van der Waals surface area contributed by atoms with Crippen LogP contribution in [-0.4, -0.2) is 18.5 Å². The molecule has 0 unspecified atom stereocenters. The van der Waals surface area contributed by atoms with Crippen molar-refractivity contribution in [2.45, 2.75) is 13.8 Å². The largest absolute Gasteiger partial charge is 0.496 e. The van der Waals surface area contributed by atoms with Crippen molar-refractivity contribution in [3.63, 3.8) is 0 Å². The van der Waals surface area contributed by atoms with Crippen LogP contribution in [0.4, 0.5) is 0 Å². The van der Waals surface area contributed by atoms with Gasteiger partial charge in [-0.05, 0) is 31.7 Å². The molecule has 0 bridgehead atoms. The number of benzene rings is 1. The molecule has 0 fully saturated rings. The first kappa shape index (κ1) is 11.1. The number of aryl methyl sites for hydroxylation is 1. The summed E-state index contributed by atoms with van der Waals surface area (Å²) >= 11 is 1.22. The average Bonchev–Trinajstić information content (AvgIpc) is 2.18. The van der Waals surface area contributed by atoms with E-state index in [2.05, 4.69) is 0 Å². The second-order valence-corrected chi connectivity index (χ2v) is 3.86. The van der Waals surface area contributed by atoms with E-state index >= 15 is 0 Å². The molecule has 2 nitrogen and oxygen atoms in total. The molecule has 0 atom stereocenters. The summed E-state index contributed by atoms with van der Waals surface area (Å²) in [5.74, 6) is 0.810. The van der Waals surface area contributed by atoms with Crippen LogP contribution >= 0.6 is 11.8 Å². The van der Waals surface area contributed by atoms with Gasteiger partial charge in [-0.3, -0.25) is 4.79 Å². The topological polar surface area (TPSA) is 26.3 Å². The summed E-state index contributed by atoms with van der Waals surface area (Å²) in [6, 6.07) is 3.77. The van der Waals surface area contributed by atoms with Crippen molar-refractivity contribution in [2.75, 3.05) is 13.4 Å². The van der Waals surface area contributed by atoms with E-state index in [0.29, 0.717) is 0 Å². The Balaban J connectivity index is 3.28. The molecule has 0 N–H and O–H groups in total. The van der Waals surface area contributed by atoms with Crippen LogP contribution in [0.3, 0.4) is 0 Å². The molecule has 0 aliphatic rings. The van der Waals surface area contributed by atoms with Crippen molar-refractivity contribution in [3.05, 3.63) is 28.8 Å². The molecule has 1 aromatic rings. The van der Waals surface area contributed by atoms with Crippen LogP contribution in [0.2, 0.25) is 0 Å². The highest BCUT2D eigenvalue weighted by molar-refractivity contribution is 8.13. The van der Waals surface area contributed by atoms with Crippen molar-refractivity contribution in [1.82, 2.24) is 0 Å². The maximum absolute atomic E-state index is 11.5. The minimum atomic E-state index is 0.0841. The molecule has 0 heterocycles. The summed E-state index contributed by atoms with van der Waals surface area (Å²) < 4.78 is 5.25. The quantitative estimate of drug-likeness (QED) is 0.750. The molecule has 14 heavy (non-hydrogen) atoms. The lowest BCUT2D eigenvalue weighted by molar-refractivity contribution is 0.108. The van der Waals surface area contributed by atoms with Crippen molar-refractivity contribution in [2.24, 2.45) is 0 Å². The monoisotopic (exact) mass is 210 g/mol. The zero-order valence-electron chi connectivity index (χ0n) is 8.88. The van der Waals surface area contributed by atoms with Crippen LogP contribution in [0.1, 0.15) is 21.5 Å². The highest BCUT2D eigenvalue weighted by Crippen LogP contribution is 2.27. The number of hydrogen-bond donors (Lipinski definition) is 0. The first-order valence-corrected chi connectivity index (χ1v) is 5.56. The van der Waals surface area contributed by atoms with E-state index in [9.17, 15) is 4.79 Å². The van der Waals surface area contributed by atoms with E-state index in [1.807, 2.05) is 26.0 Å². The highest BCUT2D eigenvalue weighted by Gasteiger charge is 2.12. The molecule has 0 saturated carbocycles. The van der Waals surface area contributed by atoms with Gasteiger partial charge in [-0.15, -0.1) is 0 Å². The summed E-state index contributed by atoms with van der Waals surface area (Å²) in [4.78, 5) is 11.5. The number of hydrogen-bond acceptors (Lipinski definition) is 3. The Bertz CT molecular complexity index is 359. The van der Waals surface area contributed by atoms with Crippen LogP contribution in [0.25, 0.3) is 0 Å².